The Bertz CT molecular complexity index is 1250. The summed E-state index contributed by atoms with van der Waals surface area (Å²) in [5.41, 5.74) is 3.18. The number of H-pyrrole nitrogens is 1. The Morgan fingerprint density at radius 2 is 1.73 bits per heavy atom. The normalized spacial score (nSPS) is 19.8. The largest absolute Gasteiger partial charge is 0.480 e. The van der Waals surface area contributed by atoms with Crippen LogP contribution in [0.25, 0.3) is 11.0 Å². The Morgan fingerprint density at radius 1 is 1.00 bits per heavy atom. The zero-order valence-corrected chi connectivity index (χ0v) is 20.7. The Hall–Kier alpha value is -4.08. The van der Waals surface area contributed by atoms with Gasteiger partial charge < -0.3 is 30.5 Å². The average molecular weight is 505 g/mol. The highest BCUT2D eigenvalue weighted by molar-refractivity contribution is 6.03. The molecule has 2 aromatic carbocycles. The van der Waals surface area contributed by atoms with Gasteiger partial charge in [0.05, 0.1) is 22.4 Å². The highest BCUT2D eigenvalue weighted by atomic mass is 16.4. The molecule has 2 aliphatic rings. The molecule has 0 saturated heterocycles. The van der Waals surface area contributed by atoms with Crippen LogP contribution >= 0.6 is 0 Å². The van der Waals surface area contributed by atoms with Crippen molar-refractivity contribution < 1.29 is 19.5 Å². The average Bonchev–Trinajstić information content (AvgIpc) is 3.26. The number of aliphatic carboxylic acids is 1. The van der Waals surface area contributed by atoms with Crippen molar-refractivity contribution in [3.63, 3.8) is 0 Å². The maximum absolute atomic E-state index is 12.9. The van der Waals surface area contributed by atoms with Gasteiger partial charge in [-0.15, -0.1) is 0 Å². The van der Waals surface area contributed by atoms with Crippen LogP contribution < -0.4 is 20.4 Å². The molecule has 1 saturated carbocycles. The van der Waals surface area contributed by atoms with Crippen molar-refractivity contribution in [2.75, 3.05) is 41.3 Å². The molecule has 10 heteroatoms. The van der Waals surface area contributed by atoms with Crippen molar-refractivity contribution in [1.82, 2.24) is 15.3 Å². The van der Waals surface area contributed by atoms with E-state index in [1.165, 1.54) is 4.90 Å². The molecule has 0 radical (unpaired) electrons. The van der Waals surface area contributed by atoms with E-state index in [9.17, 15) is 19.5 Å². The number of para-hydroxylation sites is 4. The molecular weight excluding hydrogens is 472 g/mol. The number of rotatable bonds is 8. The van der Waals surface area contributed by atoms with Gasteiger partial charge in [0, 0.05) is 25.6 Å². The number of carbonyl (C=O) groups is 3. The van der Waals surface area contributed by atoms with E-state index in [-0.39, 0.29) is 31.3 Å². The van der Waals surface area contributed by atoms with Crippen molar-refractivity contribution in [2.45, 2.75) is 38.1 Å². The standard InChI is InChI=1S/C27H32N6O4/c34-24(16-33-23-8-4-3-7-22(23)32(17-26(36)37)14-13-25(33)35)28-15-18-9-11-19(12-10-18)29-27-30-20-5-1-2-6-21(20)31-27/h1-8,18-19H,9-17H2,(H,28,34)(H,36,37)(H2,29,30,31). The molecular formula is C27H32N6O4. The fourth-order valence-corrected chi connectivity index (χ4v) is 5.26. The van der Waals surface area contributed by atoms with Gasteiger partial charge in [-0.05, 0) is 55.9 Å². The number of nitrogens with zero attached hydrogens (tertiary/aromatic N) is 3. The minimum absolute atomic E-state index is 0.0836. The molecule has 0 bridgehead atoms. The van der Waals surface area contributed by atoms with Crippen LogP contribution in [0.3, 0.4) is 0 Å². The first-order valence-electron chi connectivity index (χ1n) is 12.8. The number of hydrogen-bond acceptors (Lipinski definition) is 6. The molecule has 2 heterocycles. The summed E-state index contributed by atoms with van der Waals surface area (Å²) in [7, 11) is 0. The molecule has 3 aromatic rings. The molecule has 0 spiro atoms. The minimum Gasteiger partial charge on any atom is -0.480 e. The summed E-state index contributed by atoms with van der Waals surface area (Å²) < 4.78 is 0. The third kappa shape index (κ3) is 5.84. The Balaban J connectivity index is 1.12. The van der Waals surface area contributed by atoms with Crippen LogP contribution in [0.15, 0.2) is 48.5 Å². The van der Waals surface area contributed by atoms with Gasteiger partial charge in [-0.2, -0.15) is 0 Å². The number of hydrogen-bond donors (Lipinski definition) is 4. The van der Waals surface area contributed by atoms with Crippen LogP contribution in [0, 0.1) is 5.92 Å². The van der Waals surface area contributed by atoms with E-state index in [4.69, 9.17) is 0 Å². The maximum atomic E-state index is 12.9. The van der Waals surface area contributed by atoms with Gasteiger partial charge >= 0.3 is 5.97 Å². The first-order chi connectivity index (χ1) is 18.0. The number of imidazole rings is 1. The topological polar surface area (TPSA) is 131 Å². The van der Waals surface area contributed by atoms with Gasteiger partial charge in [0.1, 0.15) is 13.1 Å². The predicted molar refractivity (Wildman–Crippen MR) is 142 cm³/mol. The van der Waals surface area contributed by atoms with Gasteiger partial charge in [-0.1, -0.05) is 24.3 Å². The summed E-state index contributed by atoms with van der Waals surface area (Å²) in [6, 6.07) is 15.4. The number of carboxylic acid groups (broad SMARTS) is 1. The van der Waals surface area contributed by atoms with Gasteiger partial charge in [-0.25, -0.2) is 4.98 Å². The summed E-state index contributed by atoms with van der Waals surface area (Å²) in [5, 5.41) is 15.8. The van der Waals surface area contributed by atoms with E-state index < -0.39 is 5.97 Å². The van der Waals surface area contributed by atoms with Gasteiger partial charge in [0.25, 0.3) is 0 Å². The number of aromatic amines is 1. The lowest BCUT2D eigenvalue weighted by Crippen LogP contribution is -2.42. The van der Waals surface area contributed by atoms with Crippen LogP contribution in [0.1, 0.15) is 32.1 Å². The number of fused-ring (bicyclic) bond motifs is 2. The molecule has 1 fully saturated rings. The second kappa shape index (κ2) is 10.9. The number of carbonyl (C=O) groups excluding carboxylic acids is 2. The van der Waals surface area contributed by atoms with Gasteiger partial charge in [0.2, 0.25) is 17.8 Å². The third-order valence-electron chi connectivity index (χ3n) is 7.20. The zero-order chi connectivity index (χ0) is 25.8. The second-order valence-corrected chi connectivity index (χ2v) is 9.80. The maximum Gasteiger partial charge on any atom is 0.323 e. The molecule has 1 aliphatic carbocycles. The van der Waals surface area contributed by atoms with E-state index >= 15 is 0 Å². The molecule has 37 heavy (non-hydrogen) atoms. The van der Waals surface area contributed by atoms with Crippen LogP contribution in [-0.2, 0) is 14.4 Å². The summed E-state index contributed by atoms with van der Waals surface area (Å²) in [5.74, 6) is -0.181. The zero-order valence-electron chi connectivity index (χ0n) is 20.7. The molecule has 1 aromatic heterocycles. The van der Waals surface area contributed by atoms with Crippen molar-refractivity contribution in [2.24, 2.45) is 5.92 Å². The van der Waals surface area contributed by atoms with E-state index in [1.54, 1.807) is 29.2 Å². The molecule has 4 N–H and O–H groups in total. The second-order valence-electron chi connectivity index (χ2n) is 9.80. The van der Waals surface area contributed by atoms with Crippen LogP contribution in [0.5, 0.6) is 0 Å². The van der Waals surface area contributed by atoms with Crippen LogP contribution in [0.4, 0.5) is 17.3 Å². The lowest BCUT2D eigenvalue weighted by Gasteiger charge is -2.29. The summed E-state index contributed by atoms with van der Waals surface area (Å²) in [4.78, 5) is 48.0. The van der Waals surface area contributed by atoms with Crippen molar-refractivity contribution in [1.29, 1.82) is 0 Å². The van der Waals surface area contributed by atoms with Crippen molar-refractivity contribution in [3.05, 3.63) is 48.5 Å². The number of nitrogens with one attached hydrogen (secondary N) is 3. The molecule has 10 nitrogen and oxygen atoms in total. The predicted octanol–water partition coefficient (Wildman–Crippen LogP) is 2.98. The molecule has 0 unspecified atom stereocenters. The van der Waals surface area contributed by atoms with Crippen LogP contribution in [-0.4, -0.2) is 65.1 Å². The summed E-state index contributed by atoms with van der Waals surface area (Å²) >= 11 is 0. The van der Waals surface area contributed by atoms with E-state index in [0.29, 0.717) is 36.4 Å². The fraction of sp³-hybridized carbons (Fsp3) is 0.407. The van der Waals surface area contributed by atoms with Crippen molar-refractivity contribution >= 4 is 46.1 Å². The van der Waals surface area contributed by atoms with Crippen LogP contribution in [0.2, 0.25) is 0 Å². The van der Waals surface area contributed by atoms with E-state index in [2.05, 4.69) is 20.6 Å². The minimum atomic E-state index is -0.962. The summed E-state index contributed by atoms with van der Waals surface area (Å²) in [6.07, 6.45) is 4.13. The Kier molecular flexibility index (Phi) is 7.25. The molecule has 194 valence electrons. The summed E-state index contributed by atoms with van der Waals surface area (Å²) in [6.45, 7) is 0.592. The monoisotopic (exact) mass is 504 g/mol. The Morgan fingerprint density at radius 3 is 2.49 bits per heavy atom. The lowest BCUT2D eigenvalue weighted by atomic mass is 9.86. The smallest absolute Gasteiger partial charge is 0.323 e. The van der Waals surface area contributed by atoms with E-state index in [0.717, 1.165) is 42.7 Å². The third-order valence-corrected chi connectivity index (χ3v) is 7.20. The quantitative estimate of drug-likeness (QED) is 0.371. The molecule has 2 amide bonds. The number of anilines is 3. The highest BCUT2D eigenvalue weighted by Gasteiger charge is 2.29. The van der Waals surface area contributed by atoms with Gasteiger partial charge in [-0.3, -0.25) is 14.4 Å². The number of aromatic nitrogens is 2. The number of carboxylic acids is 1. The molecule has 5 rings (SSSR count). The molecule has 0 atom stereocenters. The lowest BCUT2D eigenvalue weighted by molar-refractivity contribution is -0.135. The first-order valence-corrected chi connectivity index (χ1v) is 12.8. The fourth-order valence-electron chi connectivity index (χ4n) is 5.26. The Labute approximate surface area is 215 Å². The highest BCUT2D eigenvalue weighted by Crippen LogP contribution is 2.32. The number of amides is 2. The molecule has 1 aliphatic heterocycles. The number of benzene rings is 2. The SMILES string of the molecule is O=C(O)CN1CCC(=O)N(CC(=O)NCC2CCC(Nc3nc4ccccc4[nH]3)CC2)c2ccccc21. The van der Waals surface area contributed by atoms with Gasteiger partial charge in [0.15, 0.2) is 0 Å². The van der Waals surface area contributed by atoms with E-state index in [1.807, 2.05) is 24.3 Å². The van der Waals surface area contributed by atoms with Crippen molar-refractivity contribution in [3.8, 4) is 0 Å². The first kappa shape index (κ1) is 24.6.